The summed E-state index contributed by atoms with van der Waals surface area (Å²) in [7, 11) is 1.80. The fourth-order valence-electron chi connectivity index (χ4n) is 1.81. The zero-order valence-corrected chi connectivity index (χ0v) is 7.88. The smallest absolute Gasteiger partial charge is 0.0936 e. The van der Waals surface area contributed by atoms with Gasteiger partial charge < -0.3 is 9.47 Å². The largest absolute Gasteiger partial charge is 0.377 e. The highest BCUT2D eigenvalue weighted by atomic mass is 16.6. The lowest BCUT2D eigenvalue weighted by Crippen LogP contribution is -2.33. The van der Waals surface area contributed by atoms with Crippen molar-refractivity contribution in [3.8, 4) is 0 Å². The Morgan fingerprint density at radius 2 is 2.42 bits per heavy atom. The van der Waals surface area contributed by atoms with Crippen molar-refractivity contribution >= 4 is 0 Å². The maximum atomic E-state index is 5.45. The number of methoxy groups -OCH3 is 1. The number of epoxide rings is 1. The number of nitrogens with zero attached hydrogens (tertiary/aromatic N) is 1. The van der Waals surface area contributed by atoms with Gasteiger partial charge in [0.25, 0.3) is 0 Å². The Labute approximate surface area is 73.6 Å². The third kappa shape index (κ3) is 1.79. The van der Waals surface area contributed by atoms with Gasteiger partial charge in [0, 0.05) is 26.7 Å². The van der Waals surface area contributed by atoms with Gasteiger partial charge >= 0.3 is 0 Å². The maximum absolute atomic E-state index is 5.45. The zero-order chi connectivity index (χ0) is 8.60. The van der Waals surface area contributed by atoms with Crippen LogP contribution in [-0.4, -0.2) is 50.0 Å². The Balaban J connectivity index is 1.80. The van der Waals surface area contributed by atoms with Crippen LogP contribution in [0.5, 0.6) is 0 Å². The van der Waals surface area contributed by atoms with Crippen LogP contribution in [0.2, 0.25) is 0 Å². The molecule has 2 aliphatic heterocycles. The van der Waals surface area contributed by atoms with E-state index in [1.807, 2.05) is 0 Å². The van der Waals surface area contributed by atoms with Crippen LogP contribution >= 0.6 is 0 Å². The lowest BCUT2D eigenvalue weighted by molar-refractivity contribution is 0.0145. The van der Waals surface area contributed by atoms with Crippen molar-refractivity contribution in [3.63, 3.8) is 0 Å². The molecule has 2 atom stereocenters. The van der Waals surface area contributed by atoms with Gasteiger partial charge in [0.15, 0.2) is 0 Å². The number of hydrogen-bond donors (Lipinski definition) is 0. The minimum atomic E-state index is 0.0922. The van der Waals surface area contributed by atoms with Gasteiger partial charge in [-0.1, -0.05) is 0 Å². The van der Waals surface area contributed by atoms with E-state index in [0.717, 1.165) is 32.7 Å². The van der Waals surface area contributed by atoms with E-state index >= 15 is 0 Å². The summed E-state index contributed by atoms with van der Waals surface area (Å²) in [6.45, 7) is 6.45. The Kier molecular flexibility index (Phi) is 2.10. The standard InChI is InChI=1S/C9H17NO2/c1-9(11-2)3-4-10(7-9)5-8-6-12-8/h8H,3-7H2,1-2H3/t8-,9?/m1/s1. The SMILES string of the molecule is COC1(C)CCN(C[C@@H]2CO2)C1. The summed E-state index contributed by atoms with van der Waals surface area (Å²) in [6.07, 6.45) is 1.67. The van der Waals surface area contributed by atoms with Crippen LogP contribution in [0.4, 0.5) is 0 Å². The Bertz CT molecular complexity index is 170. The van der Waals surface area contributed by atoms with Crippen molar-refractivity contribution in [1.82, 2.24) is 4.90 Å². The molecule has 2 saturated heterocycles. The van der Waals surface area contributed by atoms with E-state index in [4.69, 9.17) is 9.47 Å². The normalized spacial score (nSPS) is 42.0. The predicted molar refractivity (Wildman–Crippen MR) is 46.2 cm³/mol. The Hall–Kier alpha value is -0.120. The van der Waals surface area contributed by atoms with Crippen LogP contribution < -0.4 is 0 Å². The molecule has 3 nitrogen and oxygen atoms in total. The van der Waals surface area contributed by atoms with E-state index in [0.29, 0.717) is 6.10 Å². The lowest BCUT2D eigenvalue weighted by Gasteiger charge is -2.22. The highest BCUT2D eigenvalue weighted by molar-refractivity contribution is 4.89. The monoisotopic (exact) mass is 171 g/mol. The van der Waals surface area contributed by atoms with Crippen molar-refractivity contribution in [1.29, 1.82) is 0 Å². The number of ether oxygens (including phenoxy) is 2. The zero-order valence-electron chi connectivity index (χ0n) is 7.88. The van der Waals surface area contributed by atoms with Gasteiger partial charge in [-0.3, -0.25) is 4.90 Å². The molecule has 0 saturated carbocycles. The second kappa shape index (κ2) is 2.98. The predicted octanol–water partition coefficient (Wildman–Crippen LogP) is 0.496. The summed E-state index contributed by atoms with van der Waals surface area (Å²) in [5.41, 5.74) is 0.0922. The minimum absolute atomic E-state index is 0.0922. The van der Waals surface area contributed by atoms with Crippen LogP contribution in [-0.2, 0) is 9.47 Å². The van der Waals surface area contributed by atoms with Crippen LogP contribution in [0.15, 0.2) is 0 Å². The van der Waals surface area contributed by atoms with Gasteiger partial charge in [-0.05, 0) is 13.3 Å². The molecule has 2 fully saturated rings. The first-order chi connectivity index (χ1) is 5.72. The highest BCUT2D eigenvalue weighted by Gasteiger charge is 2.36. The molecule has 0 aliphatic carbocycles. The molecule has 0 bridgehead atoms. The van der Waals surface area contributed by atoms with E-state index in [2.05, 4.69) is 11.8 Å². The highest BCUT2D eigenvalue weighted by Crippen LogP contribution is 2.25. The third-order valence-electron chi connectivity index (χ3n) is 2.87. The van der Waals surface area contributed by atoms with Gasteiger partial charge in [0.05, 0.1) is 18.3 Å². The number of rotatable bonds is 3. The van der Waals surface area contributed by atoms with Crippen LogP contribution in [0.3, 0.4) is 0 Å². The molecule has 0 spiro atoms. The lowest BCUT2D eigenvalue weighted by atomic mass is 10.1. The van der Waals surface area contributed by atoms with E-state index in [-0.39, 0.29) is 5.60 Å². The van der Waals surface area contributed by atoms with Crippen molar-refractivity contribution in [2.24, 2.45) is 0 Å². The maximum Gasteiger partial charge on any atom is 0.0936 e. The van der Waals surface area contributed by atoms with Crippen molar-refractivity contribution in [3.05, 3.63) is 0 Å². The minimum Gasteiger partial charge on any atom is -0.377 e. The molecule has 0 radical (unpaired) electrons. The summed E-state index contributed by atoms with van der Waals surface area (Å²) in [5, 5.41) is 0. The average Bonchev–Trinajstić information content (AvgIpc) is 2.77. The molecule has 2 aliphatic rings. The van der Waals surface area contributed by atoms with Crippen molar-refractivity contribution in [2.75, 3.05) is 33.4 Å². The van der Waals surface area contributed by atoms with Gasteiger partial charge in [-0.25, -0.2) is 0 Å². The molecule has 0 aromatic carbocycles. The van der Waals surface area contributed by atoms with Crippen LogP contribution in [0.1, 0.15) is 13.3 Å². The molecule has 0 aromatic rings. The number of likely N-dealkylation sites (tertiary alicyclic amines) is 1. The molecule has 0 aromatic heterocycles. The molecule has 0 amide bonds. The molecular formula is C9H17NO2. The quantitative estimate of drug-likeness (QED) is 0.578. The first-order valence-electron chi connectivity index (χ1n) is 4.61. The second-order valence-electron chi connectivity index (χ2n) is 4.09. The molecule has 1 unspecified atom stereocenters. The first-order valence-corrected chi connectivity index (χ1v) is 4.61. The summed E-state index contributed by atoms with van der Waals surface area (Å²) in [5.74, 6) is 0. The third-order valence-corrected chi connectivity index (χ3v) is 2.87. The molecule has 0 N–H and O–H groups in total. The van der Waals surface area contributed by atoms with Crippen molar-refractivity contribution < 1.29 is 9.47 Å². The Morgan fingerprint density at radius 1 is 1.67 bits per heavy atom. The molecule has 2 rings (SSSR count). The van der Waals surface area contributed by atoms with Gasteiger partial charge in [-0.2, -0.15) is 0 Å². The molecule has 3 heteroatoms. The fraction of sp³-hybridized carbons (Fsp3) is 1.00. The van der Waals surface area contributed by atoms with E-state index in [1.165, 1.54) is 0 Å². The fourth-order valence-corrected chi connectivity index (χ4v) is 1.81. The molecule has 70 valence electrons. The van der Waals surface area contributed by atoms with E-state index in [9.17, 15) is 0 Å². The Morgan fingerprint density at radius 3 is 2.92 bits per heavy atom. The van der Waals surface area contributed by atoms with Crippen LogP contribution in [0, 0.1) is 0 Å². The molecule has 12 heavy (non-hydrogen) atoms. The summed E-state index contributed by atoms with van der Waals surface area (Å²) in [6, 6.07) is 0. The number of hydrogen-bond acceptors (Lipinski definition) is 3. The van der Waals surface area contributed by atoms with E-state index in [1.54, 1.807) is 7.11 Å². The van der Waals surface area contributed by atoms with Crippen LogP contribution in [0.25, 0.3) is 0 Å². The summed E-state index contributed by atoms with van der Waals surface area (Å²) < 4.78 is 10.6. The average molecular weight is 171 g/mol. The topological polar surface area (TPSA) is 25.0 Å². The van der Waals surface area contributed by atoms with Crippen molar-refractivity contribution in [2.45, 2.75) is 25.0 Å². The van der Waals surface area contributed by atoms with Gasteiger partial charge in [0.2, 0.25) is 0 Å². The second-order valence-corrected chi connectivity index (χ2v) is 4.09. The first kappa shape index (κ1) is 8.48. The van der Waals surface area contributed by atoms with E-state index < -0.39 is 0 Å². The summed E-state index contributed by atoms with van der Waals surface area (Å²) >= 11 is 0. The molecular weight excluding hydrogens is 154 g/mol. The molecule has 2 heterocycles. The van der Waals surface area contributed by atoms with Gasteiger partial charge in [0.1, 0.15) is 0 Å². The van der Waals surface area contributed by atoms with Gasteiger partial charge in [-0.15, -0.1) is 0 Å². The summed E-state index contributed by atoms with van der Waals surface area (Å²) in [4.78, 5) is 2.43.